The van der Waals surface area contributed by atoms with Crippen molar-refractivity contribution in [1.82, 2.24) is 14.9 Å². The molecule has 0 fully saturated rings. The molecule has 1 amide bonds. The van der Waals surface area contributed by atoms with E-state index >= 15 is 0 Å². The van der Waals surface area contributed by atoms with Gasteiger partial charge in [0, 0.05) is 24.0 Å². The normalized spacial score (nSPS) is 17.3. The highest BCUT2D eigenvalue weighted by molar-refractivity contribution is 7.08. The second kappa shape index (κ2) is 5.42. The van der Waals surface area contributed by atoms with Crippen molar-refractivity contribution >= 4 is 17.2 Å². The van der Waals surface area contributed by atoms with E-state index in [-0.39, 0.29) is 11.9 Å². The number of nitrogens with zero attached hydrogens (tertiary/aromatic N) is 2. The zero-order valence-electron chi connectivity index (χ0n) is 11.9. The fourth-order valence-corrected chi connectivity index (χ4v) is 3.65. The summed E-state index contributed by atoms with van der Waals surface area (Å²) < 4.78 is 0. The number of rotatable bonds is 2. The van der Waals surface area contributed by atoms with Crippen LogP contribution in [0.2, 0.25) is 0 Å². The van der Waals surface area contributed by atoms with Crippen LogP contribution in [-0.4, -0.2) is 27.3 Å². The third-order valence-electron chi connectivity index (χ3n) is 4.07. The molecular formula is C17H15N3OS. The number of amides is 1. The fraction of sp³-hybridized carbons (Fsp3) is 0.176. The van der Waals surface area contributed by atoms with Crippen LogP contribution in [0, 0.1) is 0 Å². The molecule has 4 rings (SSSR count). The van der Waals surface area contributed by atoms with Gasteiger partial charge in [-0.2, -0.15) is 11.3 Å². The van der Waals surface area contributed by atoms with Gasteiger partial charge in [0.1, 0.15) is 6.04 Å². The second-order valence-electron chi connectivity index (χ2n) is 5.34. The Kier molecular flexibility index (Phi) is 3.27. The van der Waals surface area contributed by atoms with Gasteiger partial charge in [0.05, 0.1) is 17.6 Å². The average Bonchev–Trinajstić information content (AvgIpc) is 3.25. The first kappa shape index (κ1) is 13.3. The summed E-state index contributed by atoms with van der Waals surface area (Å²) in [6.07, 6.45) is 2.54. The van der Waals surface area contributed by atoms with E-state index in [0.717, 1.165) is 28.9 Å². The number of H-pyrrole nitrogens is 1. The van der Waals surface area contributed by atoms with Crippen molar-refractivity contribution in [2.45, 2.75) is 12.5 Å². The highest BCUT2D eigenvalue weighted by Crippen LogP contribution is 2.34. The van der Waals surface area contributed by atoms with Crippen LogP contribution in [0.5, 0.6) is 0 Å². The summed E-state index contributed by atoms with van der Waals surface area (Å²) >= 11 is 1.55. The summed E-state index contributed by atoms with van der Waals surface area (Å²) in [5.41, 5.74) is 3.94. The van der Waals surface area contributed by atoms with Crippen molar-refractivity contribution in [1.29, 1.82) is 0 Å². The Hall–Kier alpha value is -2.40. The molecule has 0 saturated carbocycles. The van der Waals surface area contributed by atoms with Gasteiger partial charge < -0.3 is 9.88 Å². The standard InChI is InChI=1S/C17H15N3OS/c21-17(13-7-9-22-10-13)20-8-6-14-15(19-11-18-14)16(20)12-4-2-1-3-5-12/h1-5,7,9-11,16H,6,8H2,(H,18,19)/t16-/m0/s1. The summed E-state index contributed by atoms with van der Waals surface area (Å²) in [6.45, 7) is 0.698. The topological polar surface area (TPSA) is 49.0 Å². The SMILES string of the molecule is O=C(c1ccsc1)N1CCc2[nH]cnc2[C@@H]1c1ccccc1. The van der Waals surface area contributed by atoms with Gasteiger partial charge in [-0.25, -0.2) is 4.98 Å². The molecule has 3 aromatic rings. The van der Waals surface area contributed by atoms with Crippen LogP contribution in [0.4, 0.5) is 0 Å². The molecule has 3 heterocycles. The predicted molar refractivity (Wildman–Crippen MR) is 85.9 cm³/mol. The molecule has 1 atom stereocenters. The van der Waals surface area contributed by atoms with E-state index < -0.39 is 0 Å². The number of hydrogen-bond acceptors (Lipinski definition) is 3. The summed E-state index contributed by atoms with van der Waals surface area (Å²) in [7, 11) is 0. The van der Waals surface area contributed by atoms with Gasteiger partial charge in [0.2, 0.25) is 0 Å². The minimum atomic E-state index is -0.122. The van der Waals surface area contributed by atoms with Crippen molar-refractivity contribution in [3.63, 3.8) is 0 Å². The first-order valence-electron chi connectivity index (χ1n) is 7.25. The summed E-state index contributed by atoms with van der Waals surface area (Å²) in [6, 6.07) is 11.9. The van der Waals surface area contributed by atoms with E-state index in [1.54, 1.807) is 17.7 Å². The number of hydrogen-bond donors (Lipinski definition) is 1. The van der Waals surface area contributed by atoms with E-state index in [1.165, 1.54) is 0 Å². The van der Waals surface area contributed by atoms with Crippen molar-refractivity contribution in [3.05, 3.63) is 76.0 Å². The van der Waals surface area contributed by atoms with Gasteiger partial charge in [-0.05, 0) is 17.0 Å². The summed E-state index contributed by atoms with van der Waals surface area (Å²) in [5, 5.41) is 3.85. The monoisotopic (exact) mass is 309 g/mol. The van der Waals surface area contributed by atoms with Crippen LogP contribution < -0.4 is 0 Å². The van der Waals surface area contributed by atoms with Gasteiger partial charge in [-0.3, -0.25) is 4.79 Å². The molecule has 0 aliphatic carbocycles. The highest BCUT2D eigenvalue weighted by atomic mass is 32.1. The van der Waals surface area contributed by atoms with Crippen LogP contribution in [0.1, 0.15) is 33.4 Å². The minimum absolute atomic E-state index is 0.0729. The molecule has 0 spiro atoms. The van der Waals surface area contributed by atoms with Gasteiger partial charge >= 0.3 is 0 Å². The molecule has 22 heavy (non-hydrogen) atoms. The third-order valence-corrected chi connectivity index (χ3v) is 4.75. The fourth-order valence-electron chi connectivity index (χ4n) is 3.02. The molecule has 0 bridgehead atoms. The maximum absolute atomic E-state index is 12.9. The van der Waals surface area contributed by atoms with Crippen LogP contribution in [0.15, 0.2) is 53.5 Å². The largest absolute Gasteiger partial charge is 0.348 e. The molecule has 1 N–H and O–H groups in total. The first-order valence-corrected chi connectivity index (χ1v) is 8.19. The molecule has 1 aliphatic heterocycles. The molecule has 1 aliphatic rings. The van der Waals surface area contributed by atoms with E-state index in [4.69, 9.17) is 0 Å². The number of imidazole rings is 1. The third kappa shape index (κ3) is 2.14. The Morgan fingerprint density at radius 2 is 2.14 bits per heavy atom. The quantitative estimate of drug-likeness (QED) is 0.790. The molecule has 0 unspecified atom stereocenters. The average molecular weight is 309 g/mol. The number of aromatic nitrogens is 2. The number of carbonyl (C=O) groups is 1. The molecule has 4 nitrogen and oxygen atoms in total. The number of carbonyl (C=O) groups excluding carboxylic acids is 1. The highest BCUT2D eigenvalue weighted by Gasteiger charge is 2.34. The van der Waals surface area contributed by atoms with Crippen molar-refractivity contribution in [2.24, 2.45) is 0 Å². The molecule has 0 radical (unpaired) electrons. The second-order valence-corrected chi connectivity index (χ2v) is 6.12. The smallest absolute Gasteiger partial charge is 0.255 e. The van der Waals surface area contributed by atoms with Crippen molar-refractivity contribution in [3.8, 4) is 0 Å². The lowest BCUT2D eigenvalue weighted by atomic mass is 9.95. The van der Waals surface area contributed by atoms with Crippen LogP contribution in [0.25, 0.3) is 0 Å². The van der Waals surface area contributed by atoms with Gasteiger partial charge in [-0.15, -0.1) is 0 Å². The Bertz CT molecular complexity index is 779. The first-order chi connectivity index (χ1) is 10.8. The van der Waals surface area contributed by atoms with Crippen molar-refractivity contribution in [2.75, 3.05) is 6.54 Å². The van der Waals surface area contributed by atoms with E-state index in [1.807, 2.05) is 39.9 Å². The summed E-state index contributed by atoms with van der Waals surface area (Å²) in [5.74, 6) is 0.0729. The van der Waals surface area contributed by atoms with E-state index in [2.05, 4.69) is 22.1 Å². The Labute approximate surface area is 132 Å². The lowest BCUT2D eigenvalue weighted by Gasteiger charge is -2.35. The van der Waals surface area contributed by atoms with E-state index in [0.29, 0.717) is 6.54 Å². The molecule has 5 heteroatoms. The van der Waals surface area contributed by atoms with Crippen LogP contribution in [-0.2, 0) is 6.42 Å². The molecular weight excluding hydrogens is 294 g/mol. The molecule has 110 valence electrons. The number of thiophene rings is 1. The van der Waals surface area contributed by atoms with Crippen LogP contribution in [0.3, 0.4) is 0 Å². The Balaban J connectivity index is 1.79. The zero-order valence-corrected chi connectivity index (χ0v) is 12.7. The Morgan fingerprint density at radius 1 is 1.27 bits per heavy atom. The van der Waals surface area contributed by atoms with Gasteiger partial charge in [-0.1, -0.05) is 30.3 Å². The summed E-state index contributed by atoms with van der Waals surface area (Å²) in [4.78, 5) is 22.5. The maximum atomic E-state index is 12.9. The molecule has 0 saturated heterocycles. The van der Waals surface area contributed by atoms with Crippen molar-refractivity contribution < 1.29 is 4.79 Å². The maximum Gasteiger partial charge on any atom is 0.255 e. The van der Waals surface area contributed by atoms with Gasteiger partial charge in [0.15, 0.2) is 0 Å². The molecule has 1 aromatic carbocycles. The minimum Gasteiger partial charge on any atom is -0.348 e. The number of fused-ring (bicyclic) bond motifs is 1. The predicted octanol–water partition coefficient (Wildman–Crippen LogP) is 3.26. The lowest BCUT2D eigenvalue weighted by molar-refractivity contribution is 0.0691. The van der Waals surface area contributed by atoms with Crippen LogP contribution >= 0.6 is 11.3 Å². The van der Waals surface area contributed by atoms with Gasteiger partial charge in [0.25, 0.3) is 5.91 Å². The number of nitrogens with one attached hydrogen (secondary N) is 1. The lowest BCUT2D eigenvalue weighted by Crippen LogP contribution is -2.40. The zero-order chi connectivity index (χ0) is 14.9. The Morgan fingerprint density at radius 3 is 2.91 bits per heavy atom. The molecule has 2 aromatic heterocycles. The number of aromatic amines is 1. The number of benzene rings is 1. The van der Waals surface area contributed by atoms with E-state index in [9.17, 15) is 4.79 Å².